The molecule has 0 aliphatic rings. The molecule has 7 heteroatoms. The second-order valence-electron chi connectivity index (χ2n) is 4.95. The van der Waals surface area contributed by atoms with Gasteiger partial charge in [0, 0.05) is 10.7 Å². The summed E-state index contributed by atoms with van der Waals surface area (Å²) in [7, 11) is 0. The highest BCUT2D eigenvalue weighted by Crippen LogP contribution is 2.26. The average Bonchev–Trinajstić information content (AvgIpc) is 2.53. The van der Waals surface area contributed by atoms with E-state index in [1.54, 1.807) is 24.3 Å². The van der Waals surface area contributed by atoms with Gasteiger partial charge in [-0.1, -0.05) is 24.6 Å². The molecule has 6 nitrogen and oxygen atoms in total. The Hall–Kier alpha value is -2.73. The number of carboxylic acids is 1. The third kappa shape index (κ3) is 4.89. The van der Waals surface area contributed by atoms with Gasteiger partial charge in [0.2, 0.25) is 0 Å². The van der Waals surface area contributed by atoms with Crippen molar-refractivity contribution < 1.29 is 19.4 Å². The first-order valence-electron chi connectivity index (χ1n) is 7.33. The van der Waals surface area contributed by atoms with Crippen molar-refractivity contribution in [2.75, 3.05) is 17.2 Å². The third-order valence-corrected chi connectivity index (χ3v) is 3.25. The van der Waals surface area contributed by atoms with Crippen LogP contribution >= 0.6 is 11.6 Å². The normalized spacial score (nSPS) is 10.1. The summed E-state index contributed by atoms with van der Waals surface area (Å²) in [5.74, 6) is -0.682. The number of carbonyl (C=O) groups is 2. The standard InChI is InChI=1S/C17H17ClN2O4/c1-2-8-24-15-7-6-11(16(21)22)9-14(15)20-17(23)19-13-5-3-4-12(18)10-13/h3-7,9-10H,2,8H2,1H3,(H,21,22)(H2,19,20,23). The van der Waals surface area contributed by atoms with Gasteiger partial charge < -0.3 is 20.5 Å². The van der Waals surface area contributed by atoms with Crippen LogP contribution in [0.3, 0.4) is 0 Å². The van der Waals surface area contributed by atoms with E-state index in [-0.39, 0.29) is 11.3 Å². The van der Waals surface area contributed by atoms with Crippen molar-refractivity contribution >= 4 is 35.0 Å². The Morgan fingerprint density at radius 1 is 1.17 bits per heavy atom. The minimum Gasteiger partial charge on any atom is -0.491 e. The first-order valence-corrected chi connectivity index (χ1v) is 7.71. The fraction of sp³-hybridized carbons (Fsp3) is 0.176. The number of anilines is 2. The third-order valence-electron chi connectivity index (χ3n) is 3.02. The van der Waals surface area contributed by atoms with Crippen LogP contribution in [0.4, 0.5) is 16.2 Å². The van der Waals surface area contributed by atoms with Gasteiger partial charge in [-0.2, -0.15) is 0 Å². The topological polar surface area (TPSA) is 87.7 Å². The Kier molecular flexibility index (Phi) is 6.03. The van der Waals surface area contributed by atoms with Crippen LogP contribution in [-0.4, -0.2) is 23.7 Å². The summed E-state index contributed by atoms with van der Waals surface area (Å²) in [6.45, 7) is 2.40. The molecule has 126 valence electrons. The van der Waals surface area contributed by atoms with Crippen LogP contribution in [0.2, 0.25) is 5.02 Å². The predicted octanol–water partition coefficient (Wildman–Crippen LogP) is 4.47. The summed E-state index contributed by atoms with van der Waals surface area (Å²) in [5.41, 5.74) is 0.852. The van der Waals surface area contributed by atoms with Gasteiger partial charge >= 0.3 is 12.0 Å². The second kappa shape index (κ2) is 8.21. The molecule has 24 heavy (non-hydrogen) atoms. The second-order valence-corrected chi connectivity index (χ2v) is 5.39. The zero-order valence-electron chi connectivity index (χ0n) is 13.0. The van der Waals surface area contributed by atoms with Crippen molar-refractivity contribution in [3.05, 3.63) is 53.1 Å². The molecule has 0 saturated carbocycles. The number of nitrogens with one attached hydrogen (secondary N) is 2. The van der Waals surface area contributed by atoms with Crippen molar-refractivity contribution in [2.24, 2.45) is 0 Å². The van der Waals surface area contributed by atoms with Crippen molar-refractivity contribution in [3.8, 4) is 5.75 Å². The fourth-order valence-corrected chi connectivity index (χ4v) is 2.14. The number of hydrogen-bond acceptors (Lipinski definition) is 3. The minimum absolute atomic E-state index is 0.0527. The molecule has 0 atom stereocenters. The quantitative estimate of drug-likeness (QED) is 0.718. The van der Waals surface area contributed by atoms with Gasteiger partial charge in [-0.15, -0.1) is 0 Å². The van der Waals surface area contributed by atoms with Crippen molar-refractivity contribution in [1.29, 1.82) is 0 Å². The van der Waals surface area contributed by atoms with E-state index < -0.39 is 12.0 Å². The minimum atomic E-state index is -1.09. The van der Waals surface area contributed by atoms with Gasteiger partial charge in [-0.05, 0) is 42.8 Å². The molecule has 0 unspecified atom stereocenters. The van der Waals surface area contributed by atoms with Crippen molar-refractivity contribution in [2.45, 2.75) is 13.3 Å². The Labute approximate surface area is 144 Å². The lowest BCUT2D eigenvalue weighted by atomic mass is 10.2. The van der Waals surface area contributed by atoms with E-state index in [9.17, 15) is 9.59 Å². The predicted molar refractivity (Wildman–Crippen MR) is 93.3 cm³/mol. The molecule has 2 aromatic rings. The van der Waals surface area contributed by atoms with E-state index in [1.807, 2.05) is 6.92 Å². The van der Waals surface area contributed by atoms with E-state index in [2.05, 4.69) is 10.6 Å². The van der Waals surface area contributed by atoms with Gasteiger partial charge in [-0.25, -0.2) is 9.59 Å². The van der Waals surface area contributed by atoms with Gasteiger partial charge in [0.25, 0.3) is 0 Å². The van der Waals surface area contributed by atoms with Crippen LogP contribution in [0, 0.1) is 0 Å². The van der Waals surface area contributed by atoms with Crippen LogP contribution in [-0.2, 0) is 0 Å². The average molecular weight is 349 g/mol. The molecule has 2 rings (SSSR count). The molecule has 0 bridgehead atoms. The Bertz CT molecular complexity index is 749. The molecule has 3 N–H and O–H groups in total. The fourth-order valence-electron chi connectivity index (χ4n) is 1.95. The number of halogens is 1. The number of ether oxygens (including phenoxy) is 1. The molecular weight excluding hydrogens is 332 g/mol. The highest BCUT2D eigenvalue weighted by atomic mass is 35.5. The lowest BCUT2D eigenvalue weighted by molar-refractivity contribution is 0.0697. The van der Waals surface area contributed by atoms with E-state index in [1.165, 1.54) is 18.2 Å². The van der Waals surface area contributed by atoms with Crippen molar-refractivity contribution in [1.82, 2.24) is 0 Å². The first-order chi connectivity index (χ1) is 11.5. The number of rotatable bonds is 6. The number of benzene rings is 2. The molecular formula is C17H17ClN2O4. The molecule has 2 aromatic carbocycles. The number of carboxylic acid groups (broad SMARTS) is 1. The Balaban J connectivity index is 2.17. The molecule has 0 heterocycles. The molecule has 0 aliphatic heterocycles. The lowest BCUT2D eigenvalue weighted by Gasteiger charge is -2.13. The summed E-state index contributed by atoms with van der Waals surface area (Å²) >= 11 is 5.87. The van der Waals surface area contributed by atoms with Crippen LogP contribution in [0.15, 0.2) is 42.5 Å². The van der Waals surface area contributed by atoms with E-state index >= 15 is 0 Å². The maximum Gasteiger partial charge on any atom is 0.335 e. The number of hydrogen-bond donors (Lipinski definition) is 3. The summed E-state index contributed by atoms with van der Waals surface area (Å²) in [5, 5.41) is 14.8. The largest absolute Gasteiger partial charge is 0.491 e. The van der Waals surface area contributed by atoms with Crippen LogP contribution in [0.1, 0.15) is 23.7 Å². The molecule has 2 amide bonds. The molecule has 0 fully saturated rings. The Morgan fingerprint density at radius 3 is 2.62 bits per heavy atom. The van der Waals surface area contributed by atoms with Crippen LogP contribution < -0.4 is 15.4 Å². The molecule has 0 aromatic heterocycles. The smallest absolute Gasteiger partial charge is 0.335 e. The monoisotopic (exact) mass is 348 g/mol. The molecule has 0 radical (unpaired) electrons. The zero-order valence-corrected chi connectivity index (χ0v) is 13.8. The number of amides is 2. The number of carbonyl (C=O) groups excluding carboxylic acids is 1. The summed E-state index contributed by atoms with van der Waals surface area (Å²) < 4.78 is 5.53. The highest BCUT2D eigenvalue weighted by molar-refractivity contribution is 6.30. The van der Waals surface area contributed by atoms with Crippen LogP contribution in [0.5, 0.6) is 5.75 Å². The van der Waals surface area contributed by atoms with Crippen LogP contribution in [0.25, 0.3) is 0 Å². The number of aromatic carboxylic acids is 1. The Morgan fingerprint density at radius 2 is 1.96 bits per heavy atom. The van der Waals surface area contributed by atoms with Gasteiger partial charge in [-0.3, -0.25) is 0 Å². The molecule has 0 aliphatic carbocycles. The van der Waals surface area contributed by atoms with E-state index in [0.29, 0.717) is 23.1 Å². The SMILES string of the molecule is CCCOc1ccc(C(=O)O)cc1NC(=O)Nc1cccc(Cl)c1. The summed E-state index contributed by atoms with van der Waals surface area (Å²) in [6.07, 6.45) is 0.787. The number of urea groups is 1. The first kappa shape index (κ1) is 17.6. The van der Waals surface area contributed by atoms with E-state index in [4.69, 9.17) is 21.4 Å². The van der Waals surface area contributed by atoms with Gasteiger partial charge in [0.1, 0.15) is 5.75 Å². The molecule has 0 spiro atoms. The lowest BCUT2D eigenvalue weighted by Crippen LogP contribution is -2.20. The maximum absolute atomic E-state index is 12.1. The summed E-state index contributed by atoms with van der Waals surface area (Å²) in [6, 6.07) is 10.5. The zero-order chi connectivity index (χ0) is 17.5. The van der Waals surface area contributed by atoms with E-state index in [0.717, 1.165) is 6.42 Å². The maximum atomic E-state index is 12.1. The highest BCUT2D eigenvalue weighted by Gasteiger charge is 2.12. The van der Waals surface area contributed by atoms with Gasteiger partial charge in [0.15, 0.2) is 0 Å². The molecule has 0 saturated heterocycles. The summed E-state index contributed by atoms with van der Waals surface area (Å²) in [4.78, 5) is 23.2. The van der Waals surface area contributed by atoms with Gasteiger partial charge in [0.05, 0.1) is 17.9 Å². The van der Waals surface area contributed by atoms with Crippen molar-refractivity contribution in [3.63, 3.8) is 0 Å².